The SMILES string of the molecule is CCCCCCCCCCCCCCCCCCCCCCCCCCCCCCCCCCCCCCC(=O)OC(COC(=O)CCCCCCCCCCCCCCCCCCCCCCCCCCCCCCCCCC)COP(=O)(O)OCC[N+](C)(C)C. The van der Waals surface area contributed by atoms with Crippen LogP contribution in [-0.4, -0.2) is 74.9 Å². The highest BCUT2D eigenvalue weighted by Crippen LogP contribution is 2.43. The predicted octanol–water partition coefficient (Wildman–Crippen LogP) is 27.6. The van der Waals surface area contributed by atoms with E-state index in [2.05, 4.69) is 13.8 Å². The minimum absolute atomic E-state index is 0.0379. The zero-order valence-electron chi connectivity index (χ0n) is 63.1. The summed E-state index contributed by atoms with van der Waals surface area (Å²) in [6.07, 6.45) is 92.8. The minimum Gasteiger partial charge on any atom is -0.462 e. The number of likely N-dealkylation sites (N-methyl/N-ethyl adjacent to an activating group) is 1. The maximum atomic E-state index is 12.9. The molecular weight excluding hydrogens is 1160 g/mol. The van der Waals surface area contributed by atoms with E-state index in [1.807, 2.05) is 21.1 Å². The van der Waals surface area contributed by atoms with Crippen LogP contribution in [0.1, 0.15) is 463 Å². The van der Waals surface area contributed by atoms with Crippen LogP contribution < -0.4 is 0 Å². The highest BCUT2D eigenvalue weighted by atomic mass is 31.2. The van der Waals surface area contributed by atoms with Crippen molar-refractivity contribution < 1.29 is 42.1 Å². The van der Waals surface area contributed by atoms with Gasteiger partial charge in [-0.3, -0.25) is 18.6 Å². The summed E-state index contributed by atoms with van der Waals surface area (Å²) in [5.41, 5.74) is 0. The van der Waals surface area contributed by atoms with Gasteiger partial charge in [0.15, 0.2) is 6.10 Å². The van der Waals surface area contributed by atoms with Gasteiger partial charge in [0.1, 0.15) is 19.8 Å². The average Bonchev–Trinajstić information content (AvgIpc) is 1.95. The van der Waals surface area contributed by atoms with Crippen LogP contribution in [0.4, 0.5) is 0 Å². The van der Waals surface area contributed by atoms with Gasteiger partial charge < -0.3 is 18.9 Å². The van der Waals surface area contributed by atoms with Gasteiger partial charge in [-0.2, -0.15) is 0 Å². The maximum Gasteiger partial charge on any atom is 0.472 e. The van der Waals surface area contributed by atoms with Gasteiger partial charge in [-0.15, -0.1) is 0 Å². The third-order valence-corrected chi connectivity index (χ3v) is 20.6. The molecule has 0 aromatic carbocycles. The number of hydrogen-bond acceptors (Lipinski definition) is 7. The number of nitrogens with zero attached hydrogens (tertiary/aromatic N) is 1. The van der Waals surface area contributed by atoms with E-state index in [4.69, 9.17) is 18.5 Å². The molecule has 550 valence electrons. The summed E-state index contributed by atoms with van der Waals surface area (Å²) in [6, 6.07) is 0. The zero-order chi connectivity index (χ0) is 66.9. The van der Waals surface area contributed by atoms with Gasteiger partial charge in [-0.25, -0.2) is 4.57 Å². The lowest BCUT2D eigenvalue weighted by Crippen LogP contribution is -2.37. The van der Waals surface area contributed by atoms with Crippen molar-refractivity contribution in [3.8, 4) is 0 Å². The Morgan fingerprint density at radius 3 is 0.696 bits per heavy atom. The summed E-state index contributed by atoms with van der Waals surface area (Å²) in [5.74, 6) is -0.763. The monoisotopic (exact) mass is 1320 g/mol. The van der Waals surface area contributed by atoms with Gasteiger partial charge >= 0.3 is 19.8 Å². The number of quaternary nitrogens is 1. The van der Waals surface area contributed by atoms with Crippen molar-refractivity contribution in [3.05, 3.63) is 0 Å². The Kier molecular flexibility index (Phi) is 73.4. The summed E-state index contributed by atoms with van der Waals surface area (Å²) in [5, 5.41) is 0. The van der Waals surface area contributed by atoms with Gasteiger partial charge in [-0.1, -0.05) is 438 Å². The molecule has 0 heterocycles. The molecule has 0 aromatic heterocycles. The first-order chi connectivity index (χ1) is 45.0. The normalized spacial score (nSPS) is 12.9. The fourth-order valence-electron chi connectivity index (χ4n) is 13.3. The molecule has 0 aliphatic carbocycles. The average molecular weight is 1320 g/mol. The van der Waals surface area contributed by atoms with Crippen molar-refractivity contribution in [2.24, 2.45) is 0 Å². The molecule has 9 nitrogen and oxygen atoms in total. The van der Waals surface area contributed by atoms with Gasteiger partial charge in [0, 0.05) is 12.8 Å². The first kappa shape index (κ1) is 91.0. The van der Waals surface area contributed by atoms with E-state index in [9.17, 15) is 19.0 Å². The van der Waals surface area contributed by atoms with Crippen molar-refractivity contribution in [1.82, 2.24) is 0 Å². The van der Waals surface area contributed by atoms with Crippen LogP contribution in [-0.2, 0) is 32.7 Å². The van der Waals surface area contributed by atoms with E-state index in [1.165, 1.54) is 398 Å². The molecule has 0 rings (SSSR count). The quantitative estimate of drug-likeness (QED) is 0.0278. The van der Waals surface area contributed by atoms with Crippen molar-refractivity contribution >= 4 is 19.8 Å². The smallest absolute Gasteiger partial charge is 0.462 e. The summed E-state index contributed by atoms with van der Waals surface area (Å²) in [6.45, 7) is 4.55. The highest BCUT2D eigenvalue weighted by Gasteiger charge is 2.27. The second-order valence-corrected chi connectivity index (χ2v) is 31.7. The summed E-state index contributed by atoms with van der Waals surface area (Å²) >= 11 is 0. The number of phosphoric ester groups is 1. The molecular formula is C82H165NO8P+. The van der Waals surface area contributed by atoms with Crippen LogP contribution in [0.25, 0.3) is 0 Å². The molecule has 0 amide bonds. The molecule has 1 N–H and O–H groups in total. The Morgan fingerprint density at radius 1 is 0.293 bits per heavy atom. The lowest BCUT2D eigenvalue weighted by molar-refractivity contribution is -0.870. The van der Waals surface area contributed by atoms with E-state index >= 15 is 0 Å². The number of unbranched alkanes of at least 4 members (excludes halogenated alkanes) is 66. The van der Waals surface area contributed by atoms with Crippen molar-refractivity contribution in [2.45, 2.75) is 469 Å². The third kappa shape index (κ3) is 78.0. The molecule has 92 heavy (non-hydrogen) atoms. The Hall–Kier alpha value is -0.990. The molecule has 0 saturated heterocycles. The number of hydrogen-bond donors (Lipinski definition) is 1. The van der Waals surface area contributed by atoms with Gasteiger partial charge in [-0.05, 0) is 12.8 Å². The molecule has 0 spiro atoms. The molecule has 0 radical (unpaired) electrons. The lowest BCUT2D eigenvalue weighted by atomic mass is 10.0. The Balaban J connectivity index is 3.86. The van der Waals surface area contributed by atoms with Crippen LogP contribution in [0.15, 0.2) is 0 Å². The second-order valence-electron chi connectivity index (χ2n) is 30.2. The molecule has 0 aliphatic rings. The third-order valence-electron chi connectivity index (χ3n) is 19.6. The lowest BCUT2D eigenvalue weighted by Gasteiger charge is -2.24. The minimum atomic E-state index is -4.39. The molecule has 0 aromatic rings. The number of esters is 2. The fraction of sp³-hybridized carbons (Fsp3) is 0.976. The molecule has 2 unspecified atom stereocenters. The zero-order valence-corrected chi connectivity index (χ0v) is 64.0. The van der Waals surface area contributed by atoms with E-state index in [1.54, 1.807) is 0 Å². The number of rotatable bonds is 80. The predicted molar refractivity (Wildman–Crippen MR) is 400 cm³/mol. The number of carbonyl (C=O) groups is 2. The van der Waals surface area contributed by atoms with Crippen molar-refractivity contribution in [1.29, 1.82) is 0 Å². The summed E-state index contributed by atoms with van der Waals surface area (Å²) in [7, 11) is 1.51. The second kappa shape index (κ2) is 74.2. The van der Waals surface area contributed by atoms with Gasteiger partial charge in [0.05, 0.1) is 27.7 Å². The Bertz CT molecular complexity index is 1510. The molecule has 10 heteroatoms. The van der Waals surface area contributed by atoms with Crippen LogP contribution in [0, 0.1) is 0 Å². The summed E-state index contributed by atoms with van der Waals surface area (Å²) < 4.78 is 34.9. The topological polar surface area (TPSA) is 108 Å². The molecule has 0 fully saturated rings. The Labute approximate surface area is 575 Å². The molecule has 0 saturated carbocycles. The molecule has 2 atom stereocenters. The van der Waals surface area contributed by atoms with Crippen molar-refractivity contribution in [3.63, 3.8) is 0 Å². The van der Waals surface area contributed by atoms with Crippen molar-refractivity contribution in [2.75, 3.05) is 47.5 Å². The number of ether oxygens (including phenoxy) is 2. The van der Waals surface area contributed by atoms with E-state index in [0.717, 1.165) is 38.5 Å². The standard InChI is InChI=1S/C82H164NO8P/c1-6-8-10-12-14-16-18-20-22-24-26-28-30-32-34-36-38-40-41-42-43-45-47-49-51-53-55-57-59-61-63-65-67-69-71-73-75-82(85)91-80(79-90-92(86,87)89-77-76-83(3,4)5)78-88-81(84)74-72-70-68-66-64-62-60-58-56-54-52-50-48-46-44-39-37-35-33-31-29-27-25-23-21-19-17-15-13-11-9-7-2/h80H,6-79H2,1-5H3/p+1. The largest absolute Gasteiger partial charge is 0.472 e. The van der Waals surface area contributed by atoms with Gasteiger partial charge in [0.2, 0.25) is 0 Å². The highest BCUT2D eigenvalue weighted by molar-refractivity contribution is 7.47. The maximum absolute atomic E-state index is 12.9. The van der Waals surface area contributed by atoms with E-state index in [-0.39, 0.29) is 25.6 Å². The van der Waals surface area contributed by atoms with Crippen LogP contribution in [0.2, 0.25) is 0 Å². The molecule has 0 aliphatic heterocycles. The Morgan fingerprint density at radius 2 is 0.489 bits per heavy atom. The number of carbonyl (C=O) groups excluding carboxylic acids is 2. The first-order valence-corrected chi connectivity index (χ1v) is 43.3. The summed E-state index contributed by atoms with van der Waals surface area (Å²) in [4.78, 5) is 36.0. The molecule has 0 bridgehead atoms. The fourth-order valence-corrected chi connectivity index (χ4v) is 14.0. The first-order valence-electron chi connectivity index (χ1n) is 41.8. The number of phosphoric acid groups is 1. The van der Waals surface area contributed by atoms with Crippen LogP contribution >= 0.6 is 7.82 Å². The van der Waals surface area contributed by atoms with Crippen LogP contribution in [0.3, 0.4) is 0 Å². The van der Waals surface area contributed by atoms with Gasteiger partial charge in [0.25, 0.3) is 0 Å². The van der Waals surface area contributed by atoms with E-state index in [0.29, 0.717) is 17.4 Å². The van der Waals surface area contributed by atoms with Crippen LogP contribution in [0.5, 0.6) is 0 Å². The van der Waals surface area contributed by atoms with E-state index < -0.39 is 26.5 Å².